The molecule has 2 rings (SSSR count). The monoisotopic (exact) mass is 358 g/mol. The molecule has 26 heavy (non-hydrogen) atoms. The molecule has 0 bridgehead atoms. The van der Waals surface area contributed by atoms with Crippen molar-refractivity contribution in [2.45, 2.75) is 38.9 Å². The van der Waals surface area contributed by atoms with Crippen LogP contribution in [0.4, 0.5) is 0 Å². The molecule has 2 N–H and O–H groups in total. The summed E-state index contributed by atoms with van der Waals surface area (Å²) in [5.74, 6) is 1.09. The minimum absolute atomic E-state index is 0.104. The quantitative estimate of drug-likeness (QED) is 0.709. The highest BCUT2D eigenvalue weighted by molar-refractivity contribution is 6.09. The van der Waals surface area contributed by atoms with Crippen LogP contribution in [-0.4, -0.2) is 40.4 Å². The second-order valence-corrected chi connectivity index (χ2v) is 7.58. The molecular formula is C21H26O5. The summed E-state index contributed by atoms with van der Waals surface area (Å²) in [6.07, 6.45) is 0. The molecule has 0 aliphatic rings. The van der Waals surface area contributed by atoms with Gasteiger partial charge in [-0.15, -0.1) is 0 Å². The van der Waals surface area contributed by atoms with E-state index in [1.807, 2.05) is 0 Å². The van der Waals surface area contributed by atoms with Crippen molar-refractivity contribution in [2.24, 2.45) is 0 Å². The van der Waals surface area contributed by atoms with Gasteiger partial charge in [-0.2, -0.15) is 0 Å². The topological polar surface area (TPSA) is 76.0 Å². The van der Waals surface area contributed by atoms with Crippen LogP contribution in [0.15, 0.2) is 48.5 Å². The van der Waals surface area contributed by atoms with E-state index in [2.05, 4.69) is 0 Å². The minimum atomic E-state index is -0.913. The van der Waals surface area contributed by atoms with Crippen molar-refractivity contribution in [3.8, 4) is 11.5 Å². The Balaban J connectivity index is 2.00. The van der Waals surface area contributed by atoms with Gasteiger partial charge in [0.2, 0.25) is 0 Å². The molecule has 2 aromatic carbocycles. The van der Waals surface area contributed by atoms with Gasteiger partial charge in [0.15, 0.2) is 5.78 Å². The Morgan fingerprint density at radius 1 is 0.731 bits per heavy atom. The number of rotatable bonds is 8. The van der Waals surface area contributed by atoms with Gasteiger partial charge in [0, 0.05) is 11.1 Å². The van der Waals surface area contributed by atoms with Gasteiger partial charge in [0.1, 0.15) is 24.7 Å². The Morgan fingerprint density at radius 3 is 1.31 bits per heavy atom. The molecule has 0 saturated heterocycles. The van der Waals surface area contributed by atoms with Gasteiger partial charge in [0.05, 0.1) is 11.2 Å². The average Bonchev–Trinajstić information content (AvgIpc) is 2.57. The SMILES string of the molecule is CC(C)(O)COc1ccc(C(=O)c2ccc(OCC(C)(C)O)cc2)cc1. The summed E-state index contributed by atoms with van der Waals surface area (Å²) >= 11 is 0. The van der Waals surface area contributed by atoms with Crippen molar-refractivity contribution in [1.82, 2.24) is 0 Å². The van der Waals surface area contributed by atoms with Crippen LogP contribution in [0.2, 0.25) is 0 Å². The molecule has 140 valence electrons. The molecule has 0 unspecified atom stereocenters. The average molecular weight is 358 g/mol. The van der Waals surface area contributed by atoms with Crippen molar-refractivity contribution in [3.63, 3.8) is 0 Å². The summed E-state index contributed by atoms with van der Waals surface area (Å²) in [7, 11) is 0. The molecular weight excluding hydrogens is 332 g/mol. The molecule has 5 nitrogen and oxygen atoms in total. The van der Waals surface area contributed by atoms with Crippen LogP contribution in [0.5, 0.6) is 11.5 Å². The van der Waals surface area contributed by atoms with Gasteiger partial charge in [0.25, 0.3) is 0 Å². The first-order valence-corrected chi connectivity index (χ1v) is 8.49. The summed E-state index contributed by atoms with van der Waals surface area (Å²) in [5.41, 5.74) is -0.732. The van der Waals surface area contributed by atoms with Gasteiger partial charge >= 0.3 is 0 Å². The fourth-order valence-electron chi connectivity index (χ4n) is 2.09. The molecule has 0 spiro atoms. The maximum Gasteiger partial charge on any atom is 0.193 e. The highest BCUT2D eigenvalue weighted by atomic mass is 16.5. The molecule has 0 amide bonds. The predicted octanol–water partition coefficient (Wildman–Crippen LogP) is 3.22. The highest BCUT2D eigenvalue weighted by Crippen LogP contribution is 2.19. The standard InChI is InChI=1S/C21H26O5/c1-20(2,23)13-25-17-9-5-15(6-10-17)19(22)16-7-11-18(12-8-16)26-14-21(3,4)24/h5-12,23-24H,13-14H2,1-4H3. The molecule has 0 radical (unpaired) electrons. The van der Waals surface area contributed by atoms with E-state index in [4.69, 9.17) is 9.47 Å². The summed E-state index contributed by atoms with van der Waals surface area (Å²) in [6, 6.07) is 13.6. The lowest BCUT2D eigenvalue weighted by Gasteiger charge is -2.18. The van der Waals surface area contributed by atoms with Crippen LogP contribution in [0.3, 0.4) is 0 Å². The molecule has 0 aliphatic heterocycles. The maximum atomic E-state index is 12.5. The largest absolute Gasteiger partial charge is 0.491 e. The molecule has 0 fully saturated rings. The van der Waals surface area contributed by atoms with Gasteiger partial charge < -0.3 is 19.7 Å². The summed E-state index contributed by atoms with van der Waals surface area (Å²) < 4.78 is 11.0. The third kappa shape index (κ3) is 6.50. The third-order valence-corrected chi connectivity index (χ3v) is 3.42. The van der Waals surface area contributed by atoms with Crippen LogP contribution in [0.1, 0.15) is 43.6 Å². The Morgan fingerprint density at radius 2 is 1.04 bits per heavy atom. The van der Waals surface area contributed by atoms with Crippen molar-refractivity contribution in [1.29, 1.82) is 0 Å². The molecule has 0 saturated carbocycles. The van der Waals surface area contributed by atoms with Gasteiger partial charge in [-0.25, -0.2) is 0 Å². The summed E-state index contributed by atoms with van der Waals surface area (Å²) in [6.45, 7) is 7.01. The van der Waals surface area contributed by atoms with Crippen molar-refractivity contribution in [3.05, 3.63) is 59.7 Å². The first kappa shape index (κ1) is 19.9. The minimum Gasteiger partial charge on any atom is -0.491 e. The van der Waals surface area contributed by atoms with E-state index in [9.17, 15) is 15.0 Å². The van der Waals surface area contributed by atoms with Crippen LogP contribution in [-0.2, 0) is 0 Å². The van der Waals surface area contributed by atoms with Crippen molar-refractivity contribution >= 4 is 5.78 Å². The Bertz CT molecular complexity index is 655. The van der Waals surface area contributed by atoms with Gasteiger partial charge in [-0.3, -0.25) is 4.79 Å². The smallest absolute Gasteiger partial charge is 0.193 e. The fraction of sp³-hybridized carbons (Fsp3) is 0.381. The lowest BCUT2D eigenvalue weighted by atomic mass is 10.0. The molecule has 0 aromatic heterocycles. The lowest BCUT2D eigenvalue weighted by molar-refractivity contribution is 0.0282. The van der Waals surface area contributed by atoms with Gasteiger partial charge in [-0.1, -0.05) is 0 Å². The number of ketones is 1. The van der Waals surface area contributed by atoms with E-state index in [0.29, 0.717) is 22.6 Å². The van der Waals surface area contributed by atoms with Crippen molar-refractivity contribution < 1.29 is 24.5 Å². The maximum absolute atomic E-state index is 12.5. The third-order valence-electron chi connectivity index (χ3n) is 3.42. The van der Waals surface area contributed by atoms with E-state index in [0.717, 1.165) is 0 Å². The van der Waals surface area contributed by atoms with Crippen LogP contribution in [0, 0.1) is 0 Å². The Labute approximate surface area is 154 Å². The zero-order valence-electron chi connectivity index (χ0n) is 15.7. The zero-order chi connectivity index (χ0) is 19.4. The summed E-state index contributed by atoms with van der Waals surface area (Å²) in [4.78, 5) is 12.5. The van der Waals surface area contributed by atoms with E-state index in [1.54, 1.807) is 76.2 Å². The van der Waals surface area contributed by atoms with Crippen LogP contribution < -0.4 is 9.47 Å². The Kier molecular flexibility index (Phi) is 6.05. The number of hydrogen-bond acceptors (Lipinski definition) is 5. The molecule has 5 heteroatoms. The van der Waals surface area contributed by atoms with Gasteiger partial charge in [-0.05, 0) is 76.2 Å². The number of carbonyl (C=O) groups excluding carboxylic acids is 1. The molecule has 0 atom stereocenters. The van der Waals surface area contributed by atoms with Crippen molar-refractivity contribution in [2.75, 3.05) is 13.2 Å². The van der Waals surface area contributed by atoms with E-state index in [-0.39, 0.29) is 19.0 Å². The Hall–Kier alpha value is -2.37. The van der Waals surface area contributed by atoms with Crippen LogP contribution in [0.25, 0.3) is 0 Å². The molecule has 0 heterocycles. The van der Waals surface area contributed by atoms with E-state index < -0.39 is 11.2 Å². The number of hydrogen-bond donors (Lipinski definition) is 2. The first-order chi connectivity index (χ1) is 12.0. The second kappa shape index (κ2) is 7.89. The first-order valence-electron chi connectivity index (χ1n) is 8.49. The van der Waals surface area contributed by atoms with E-state index >= 15 is 0 Å². The number of carbonyl (C=O) groups is 1. The van der Waals surface area contributed by atoms with E-state index in [1.165, 1.54) is 0 Å². The number of aliphatic hydroxyl groups is 2. The lowest BCUT2D eigenvalue weighted by Crippen LogP contribution is -2.27. The second-order valence-electron chi connectivity index (χ2n) is 7.58. The fourth-order valence-corrected chi connectivity index (χ4v) is 2.09. The highest BCUT2D eigenvalue weighted by Gasteiger charge is 2.15. The predicted molar refractivity (Wildman–Crippen MR) is 99.9 cm³/mol. The molecule has 2 aromatic rings. The molecule has 0 aliphatic carbocycles. The zero-order valence-corrected chi connectivity index (χ0v) is 15.7. The van der Waals surface area contributed by atoms with Crippen LogP contribution >= 0.6 is 0 Å². The number of ether oxygens (including phenoxy) is 2. The normalized spacial score (nSPS) is 11.9. The number of benzene rings is 2. The summed E-state index contributed by atoms with van der Waals surface area (Å²) in [5, 5.41) is 19.3.